The molecule has 1 N–H and O–H groups in total. The number of carbonyl (C=O) groups is 2. The van der Waals surface area contributed by atoms with Crippen molar-refractivity contribution in [1.82, 2.24) is 10.2 Å². The summed E-state index contributed by atoms with van der Waals surface area (Å²) in [5.74, 6) is 1.82. The zero-order chi connectivity index (χ0) is 25.3. The Kier molecular flexibility index (Phi) is 6.84. The van der Waals surface area contributed by atoms with Gasteiger partial charge in [0, 0.05) is 19.1 Å². The molecule has 2 amide bonds. The third-order valence-electron chi connectivity index (χ3n) is 8.38. The minimum Gasteiger partial charge on any atom is -0.444 e. The van der Waals surface area contributed by atoms with Gasteiger partial charge in [-0.15, -0.1) is 0 Å². The van der Waals surface area contributed by atoms with Crippen LogP contribution in [-0.2, 0) is 22.5 Å². The lowest BCUT2D eigenvalue weighted by Crippen LogP contribution is -2.61. The average Bonchev–Trinajstić information content (AvgIpc) is 2.81. The number of amides is 2. The first kappa shape index (κ1) is 24.9. The van der Waals surface area contributed by atoms with Crippen LogP contribution < -0.4 is 5.32 Å². The number of rotatable bonds is 7. The van der Waals surface area contributed by atoms with E-state index in [1.165, 1.54) is 24.8 Å². The molecule has 2 atom stereocenters. The molecule has 6 rings (SSSR count). The second kappa shape index (κ2) is 9.91. The molecule has 4 fully saturated rings. The molecular formula is C31H40N2O3. The first-order valence-corrected chi connectivity index (χ1v) is 13.5. The van der Waals surface area contributed by atoms with Gasteiger partial charge in [0.05, 0.1) is 6.42 Å². The van der Waals surface area contributed by atoms with Gasteiger partial charge in [0.1, 0.15) is 5.60 Å². The monoisotopic (exact) mass is 488 g/mol. The highest BCUT2D eigenvalue weighted by atomic mass is 16.6. The highest BCUT2D eigenvalue weighted by molar-refractivity contribution is 5.79. The number of ether oxygens (including phenoxy) is 1. The van der Waals surface area contributed by atoms with Gasteiger partial charge in [0.2, 0.25) is 5.91 Å². The van der Waals surface area contributed by atoms with Gasteiger partial charge in [-0.2, -0.15) is 0 Å². The van der Waals surface area contributed by atoms with Gasteiger partial charge >= 0.3 is 6.09 Å². The maximum atomic E-state index is 13.6. The Morgan fingerprint density at radius 2 is 1.50 bits per heavy atom. The Balaban J connectivity index is 1.32. The summed E-state index contributed by atoms with van der Waals surface area (Å²) in [6.07, 6.45) is 5.84. The van der Waals surface area contributed by atoms with Gasteiger partial charge in [-0.25, -0.2) is 4.79 Å². The molecule has 0 saturated heterocycles. The molecule has 4 bridgehead atoms. The quantitative estimate of drug-likeness (QED) is 0.522. The lowest BCUT2D eigenvalue weighted by molar-refractivity contribution is -0.138. The summed E-state index contributed by atoms with van der Waals surface area (Å²) >= 11 is 0. The summed E-state index contributed by atoms with van der Waals surface area (Å²) in [6, 6.07) is 20.6. The van der Waals surface area contributed by atoms with E-state index in [1.807, 2.05) is 69.3 Å². The number of nitrogens with zero attached hydrogens (tertiary/aromatic N) is 1. The SMILES string of the molecule is CC(C)(C)OC(=O)NC1C2CC3CC1CC(CN(Cc1ccccc1)C(=O)Cc1ccccc1)(C3)C2. The Labute approximate surface area is 215 Å². The van der Waals surface area contributed by atoms with Crippen LogP contribution in [0, 0.1) is 23.2 Å². The summed E-state index contributed by atoms with van der Waals surface area (Å²) in [7, 11) is 0. The molecule has 2 aromatic rings. The van der Waals surface area contributed by atoms with E-state index in [0.29, 0.717) is 30.7 Å². The van der Waals surface area contributed by atoms with E-state index in [0.717, 1.165) is 24.9 Å². The van der Waals surface area contributed by atoms with Crippen LogP contribution in [0.15, 0.2) is 60.7 Å². The van der Waals surface area contributed by atoms with Crippen molar-refractivity contribution in [2.24, 2.45) is 23.2 Å². The number of hydrogen-bond acceptors (Lipinski definition) is 3. The molecule has 0 aromatic heterocycles. The van der Waals surface area contributed by atoms with Gasteiger partial charge in [-0.1, -0.05) is 60.7 Å². The van der Waals surface area contributed by atoms with E-state index >= 15 is 0 Å². The highest BCUT2D eigenvalue weighted by Gasteiger charge is 2.56. The third-order valence-corrected chi connectivity index (χ3v) is 8.38. The van der Waals surface area contributed by atoms with Crippen LogP contribution >= 0.6 is 0 Å². The molecule has 4 saturated carbocycles. The number of nitrogens with one attached hydrogen (secondary N) is 1. The number of alkyl carbamates (subject to hydrolysis) is 1. The van der Waals surface area contributed by atoms with Gasteiger partial charge in [0.15, 0.2) is 0 Å². The van der Waals surface area contributed by atoms with E-state index in [-0.39, 0.29) is 23.5 Å². The molecule has 2 unspecified atom stereocenters. The Morgan fingerprint density at radius 3 is 2.08 bits per heavy atom. The molecule has 5 heteroatoms. The maximum absolute atomic E-state index is 13.6. The normalized spacial score (nSPS) is 28.5. The van der Waals surface area contributed by atoms with Crippen molar-refractivity contribution in [1.29, 1.82) is 0 Å². The topological polar surface area (TPSA) is 58.6 Å². The van der Waals surface area contributed by atoms with E-state index in [1.54, 1.807) is 0 Å². The van der Waals surface area contributed by atoms with Crippen molar-refractivity contribution >= 4 is 12.0 Å². The molecule has 192 valence electrons. The molecular weight excluding hydrogens is 448 g/mol. The largest absolute Gasteiger partial charge is 0.444 e. The highest BCUT2D eigenvalue weighted by Crippen LogP contribution is 2.60. The van der Waals surface area contributed by atoms with Gasteiger partial charge < -0.3 is 15.0 Å². The minimum atomic E-state index is -0.492. The average molecular weight is 489 g/mol. The molecule has 0 heterocycles. The molecule has 2 aromatic carbocycles. The lowest BCUT2D eigenvalue weighted by atomic mass is 9.47. The molecule has 0 aliphatic heterocycles. The standard InChI is InChI=1S/C31H40N2O3/c1-30(2,3)36-29(35)32-28-25-14-24-15-26(28)19-31(17-24,18-25)21-33(20-23-12-8-5-9-13-23)27(34)16-22-10-6-4-7-11-22/h4-13,24-26,28H,14-21H2,1-3H3,(H,32,35). The first-order valence-electron chi connectivity index (χ1n) is 13.5. The zero-order valence-corrected chi connectivity index (χ0v) is 21.9. The second-order valence-corrected chi connectivity index (χ2v) is 12.5. The third kappa shape index (κ3) is 5.77. The number of hydrogen-bond donors (Lipinski definition) is 1. The van der Waals surface area contributed by atoms with E-state index in [4.69, 9.17) is 4.74 Å². The Bertz CT molecular complexity index is 1050. The second-order valence-electron chi connectivity index (χ2n) is 12.5. The van der Waals surface area contributed by atoms with Crippen molar-refractivity contribution in [2.45, 2.75) is 77.5 Å². The van der Waals surface area contributed by atoms with Crippen LogP contribution in [-0.4, -0.2) is 35.1 Å². The molecule has 4 aliphatic rings. The lowest BCUT2D eigenvalue weighted by Gasteiger charge is -2.60. The van der Waals surface area contributed by atoms with Crippen LogP contribution in [0.4, 0.5) is 4.79 Å². The summed E-state index contributed by atoms with van der Waals surface area (Å²) in [5.41, 5.74) is 1.89. The predicted octanol–water partition coefficient (Wildman–Crippen LogP) is 5.98. The zero-order valence-electron chi connectivity index (χ0n) is 21.9. The summed E-state index contributed by atoms with van der Waals surface area (Å²) in [4.78, 5) is 28.3. The fourth-order valence-electron chi connectivity index (χ4n) is 7.39. The number of carbonyl (C=O) groups excluding carboxylic acids is 2. The van der Waals surface area contributed by atoms with Gasteiger partial charge in [-0.05, 0) is 87.2 Å². The Morgan fingerprint density at radius 1 is 0.917 bits per heavy atom. The molecule has 0 spiro atoms. The minimum absolute atomic E-state index is 0.143. The fourth-order valence-corrected chi connectivity index (χ4v) is 7.39. The first-order chi connectivity index (χ1) is 17.2. The summed E-state index contributed by atoms with van der Waals surface area (Å²) in [5, 5.41) is 3.24. The van der Waals surface area contributed by atoms with Crippen LogP contribution in [0.3, 0.4) is 0 Å². The van der Waals surface area contributed by atoms with Crippen LogP contribution in [0.25, 0.3) is 0 Å². The van der Waals surface area contributed by atoms with E-state index in [2.05, 4.69) is 22.3 Å². The molecule has 5 nitrogen and oxygen atoms in total. The van der Waals surface area contributed by atoms with Crippen LogP contribution in [0.5, 0.6) is 0 Å². The molecule has 4 aliphatic carbocycles. The van der Waals surface area contributed by atoms with Crippen LogP contribution in [0.1, 0.15) is 64.0 Å². The molecule has 36 heavy (non-hydrogen) atoms. The molecule has 0 radical (unpaired) electrons. The van der Waals surface area contributed by atoms with E-state index in [9.17, 15) is 9.59 Å². The van der Waals surface area contributed by atoms with Gasteiger partial charge in [-0.3, -0.25) is 4.79 Å². The van der Waals surface area contributed by atoms with Crippen molar-refractivity contribution in [3.05, 3.63) is 71.8 Å². The maximum Gasteiger partial charge on any atom is 0.407 e. The van der Waals surface area contributed by atoms with Crippen molar-refractivity contribution in [3.63, 3.8) is 0 Å². The number of benzene rings is 2. The van der Waals surface area contributed by atoms with E-state index < -0.39 is 5.60 Å². The Hall–Kier alpha value is -2.82. The summed E-state index contributed by atoms with van der Waals surface area (Å²) in [6.45, 7) is 7.18. The van der Waals surface area contributed by atoms with Crippen LogP contribution in [0.2, 0.25) is 0 Å². The van der Waals surface area contributed by atoms with Gasteiger partial charge in [0.25, 0.3) is 0 Å². The fraction of sp³-hybridized carbons (Fsp3) is 0.548. The smallest absolute Gasteiger partial charge is 0.407 e. The predicted molar refractivity (Wildman–Crippen MR) is 141 cm³/mol. The van der Waals surface area contributed by atoms with Crippen molar-refractivity contribution in [2.75, 3.05) is 6.54 Å². The van der Waals surface area contributed by atoms with Crippen molar-refractivity contribution < 1.29 is 14.3 Å². The van der Waals surface area contributed by atoms with Crippen molar-refractivity contribution in [3.8, 4) is 0 Å². The summed E-state index contributed by atoms with van der Waals surface area (Å²) < 4.78 is 5.58.